The first-order valence-electron chi connectivity index (χ1n) is 4.48. The zero-order chi connectivity index (χ0) is 10.2. The fourth-order valence-corrected chi connectivity index (χ4v) is 4.85. The van der Waals surface area contributed by atoms with Crippen LogP contribution in [-0.2, 0) is 13.3 Å². The van der Waals surface area contributed by atoms with Crippen LogP contribution < -0.4 is 0 Å². The number of unbranched alkanes of at least 4 members (excludes halogenated alkanes) is 1. The van der Waals surface area contributed by atoms with Crippen molar-refractivity contribution < 1.29 is 13.3 Å². The van der Waals surface area contributed by atoms with E-state index in [4.69, 9.17) is 13.3 Å². The highest BCUT2D eigenvalue weighted by atomic mass is 32.2. The van der Waals surface area contributed by atoms with Crippen LogP contribution in [0, 0.1) is 0 Å². The third-order valence-electron chi connectivity index (χ3n) is 1.85. The van der Waals surface area contributed by atoms with Gasteiger partial charge in [0, 0.05) is 21.3 Å². The standard InChI is InChI=1S/C8H20O3SSi/c1-5-6-7-12-8-13(9-2,10-3)11-4/h5-8H2,1-4H3. The topological polar surface area (TPSA) is 27.7 Å². The third-order valence-corrected chi connectivity index (χ3v) is 6.53. The van der Waals surface area contributed by atoms with Gasteiger partial charge >= 0.3 is 8.80 Å². The van der Waals surface area contributed by atoms with Crippen LogP contribution >= 0.6 is 11.8 Å². The van der Waals surface area contributed by atoms with E-state index in [2.05, 4.69) is 6.92 Å². The van der Waals surface area contributed by atoms with Crippen molar-refractivity contribution in [3.8, 4) is 0 Å². The van der Waals surface area contributed by atoms with Gasteiger partial charge in [-0.15, -0.1) is 0 Å². The second-order valence-electron chi connectivity index (χ2n) is 2.70. The molecule has 0 radical (unpaired) electrons. The minimum Gasteiger partial charge on any atom is -0.376 e. The third kappa shape index (κ3) is 5.02. The molecule has 13 heavy (non-hydrogen) atoms. The SMILES string of the molecule is CCCCSC[Si](OC)(OC)OC. The first-order valence-corrected chi connectivity index (χ1v) is 7.56. The summed E-state index contributed by atoms with van der Waals surface area (Å²) in [5.74, 6) is 1.15. The average molecular weight is 224 g/mol. The molecule has 3 nitrogen and oxygen atoms in total. The molecule has 0 aromatic rings. The molecule has 0 aliphatic heterocycles. The highest BCUT2D eigenvalue weighted by molar-refractivity contribution is 8.00. The van der Waals surface area contributed by atoms with Gasteiger partial charge in [0.15, 0.2) is 0 Å². The highest BCUT2D eigenvalue weighted by Crippen LogP contribution is 2.15. The molecule has 0 spiro atoms. The van der Waals surface area contributed by atoms with Crippen molar-refractivity contribution in [2.75, 3.05) is 32.5 Å². The Morgan fingerprint density at radius 3 is 2.00 bits per heavy atom. The van der Waals surface area contributed by atoms with Crippen LogP contribution in [0.5, 0.6) is 0 Å². The highest BCUT2D eigenvalue weighted by Gasteiger charge is 2.37. The van der Waals surface area contributed by atoms with Gasteiger partial charge < -0.3 is 13.3 Å². The molecule has 0 aromatic heterocycles. The van der Waals surface area contributed by atoms with Crippen LogP contribution in [-0.4, -0.2) is 41.3 Å². The summed E-state index contributed by atoms with van der Waals surface area (Å²) in [5.41, 5.74) is 0. The monoisotopic (exact) mass is 224 g/mol. The number of thioether (sulfide) groups is 1. The van der Waals surface area contributed by atoms with E-state index in [1.165, 1.54) is 12.8 Å². The van der Waals surface area contributed by atoms with E-state index in [0.29, 0.717) is 0 Å². The van der Waals surface area contributed by atoms with E-state index in [9.17, 15) is 0 Å². The van der Waals surface area contributed by atoms with Crippen molar-refractivity contribution in [3.05, 3.63) is 0 Å². The van der Waals surface area contributed by atoms with Gasteiger partial charge in [-0.05, 0) is 12.2 Å². The Bertz CT molecular complexity index is 112. The van der Waals surface area contributed by atoms with Gasteiger partial charge in [0.25, 0.3) is 0 Å². The lowest BCUT2D eigenvalue weighted by atomic mass is 10.4. The largest absolute Gasteiger partial charge is 0.510 e. The van der Waals surface area contributed by atoms with E-state index in [0.717, 1.165) is 11.1 Å². The van der Waals surface area contributed by atoms with Crippen molar-refractivity contribution in [3.63, 3.8) is 0 Å². The molecule has 0 amide bonds. The Labute approximate surface area is 86.5 Å². The van der Waals surface area contributed by atoms with Crippen LogP contribution in [0.4, 0.5) is 0 Å². The molecule has 0 atom stereocenters. The van der Waals surface area contributed by atoms with E-state index >= 15 is 0 Å². The molecule has 0 bridgehead atoms. The van der Waals surface area contributed by atoms with Crippen molar-refractivity contribution in [1.82, 2.24) is 0 Å². The Kier molecular flexibility index (Phi) is 8.08. The molecule has 0 saturated heterocycles. The van der Waals surface area contributed by atoms with E-state index < -0.39 is 8.80 Å². The van der Waals surface area contributed by atoms with Gasteiger partial charge in [0.2, 0.25) is 0 Å². The Morgan fingerprint density at radius 2 is 1.62 bits per heavy atom. The molecule has 0 aliphatic carbocycles. The minimum absolute atomic E-state index is 0.844. The molecule has 0 fully saturated rings. The molecular weight excluding hydrogens is 204 g/mol. The lowest BCUT2D eigenvalue weighted by Gasteiger charge is -2.23. The predicted octanol–water partition coefficient (Wildman–Crippen LogP) is 1.94. The lowest BCUT2D eigenvalue weighted by molar-refractivity contribution is 0.130. The maximum atomic E-state index is 5.29. The van der Waals surface area contributed by atoms with Gasteiger partial charge in [-0.25, -0.2) is 0 Å². The van der Waals surface area contributed by atoms with Crippen LogP contribution in [0.15, 0.2) is 0 Å². The molecule has 0 heterocycles. The molecule has 0 saturated carbocycles. The summed E-state index contributed by atoms with van der Waals surface area (Å²) in [4.78, 5) is 0. The van der Waals surface area contributed by atoms with Crippen LogP contribution in [0.25, 0.3) is 0 Å². The maximum Gasteiger partial charge on any atom is 0.510 e. The molecule has 0 N–H and O–H groups in total. The van der Waals surface area contributed by atoms with Gasteiger partial charge in [0.05, 0.1) is 5.38 Å². The van der Waals surface area contributed by atoms with E-state index in [-0.39, 0.29) is 0 Å². The van der Waals surface area contributed by atoms with Gasteiger partial charge in [-0.1, -0.05) is 13.3 Å². The zero-order valence-corrected chi connectivity index (χ0v) is 10.8. The van der Waals surface area contributed by atoms with Gasteiger partial charge in [-0.2, -0.15) is 11.8 Å². The summed E-state index contributed by atoms with van der Waals surface area (Å²) in [7, 11) is 2.65. The summed E-state index contributed by atoms with van der Waals surface area (Å²) < 4.78 is 15.9. The summed E-state index contributed by atoms with van der Waals surface area (Å²) in [6, 6.07) is 0. The van der Waals surface area contributed by atoms with Crippen molar-refractivity contribution in [2.24, 2.45) is 0 Å². The van der Waals surface area contributed by atoms with E-state index in [1.807, 2.05) is 11.8 Å². The first kappa shape index (κ1) is 13.4. The van der Waals surface area contributed by atoms with Crippen LogP contribution in [0.2, 0.25) is 0 Å². The van der Waals surface area contributed by atoms with Crippen molar-refractivity contribution in [1.29, 1.82) is 0 Å². The fraction of sp³-hybridized carbons (Fsp3) is 1.00. The van der Waals surface area contributed by atoms with Crippen LogP contribution in [0.3, 0.4) is 0 Å². The van der Waals surface area contributed by atoms with E-state index in [1.54, 1.807) is 21.3 Å². The predicted molar refractivity (Wildman–Crippen MR) is 59.0 cm³/mol. The molecule has 0 aromatic carbocycles. The lowest BCUT2D eigenvalue weighted by Crippen LogP contribution is -2.46. The maximum absolute atomic E-state index is 5.29. The molecule has 0 unspecified atom stereocenters. The summed E-state index contributed by atoms with van der Waals surface area (Å²) >= 11 is 1.85. The normalized spacial score (nSPS) is 12.0. The second kappa shape index (κ2) is 7.81. The average Bonchev–Trinajstić information content (AvgIpc) is 2.20. The number of hydrogen-bond acceptors (Lipinski definition) is 4. The second-order valence-corrected chi connectivity index (χ2v) is 7.26. The Morgan fingerprint density at radius 1 is 1.08 bits per heavy atom. The molecule has 0 aliphatic rings. The molecule has 0 rings (SSSR count). The quantitative estimate of drug-likeness (QED) is 0.465. The Hall–Kier alpha value is 0.447. The van der Waals surface area contributed by atoms with Gasteiger partial charge in [0.1, 0.15) is 0 Å². The minimum atomic E-state index is -2.30. The zero-order valence-electron chi connectivity index (χ0n) is 8.96. The molecule has 80 valence electrons. The molecular formula is C8H20O3SSi. The van der Waals surface area contributed by atoms with Gasteiger partial charge in [-0.3, -0.25) is 0 Å². The van der Waals surface area contributed by atoms with Crippen LogP contribution in [0.1, 0.15) is 19.8 Å². The number of hydrogen-bond donors (Lipinski definition) is 0. The number of rotatable bonds is 8. The summed E-state index contributed by atoms with van der Waals surface area (Å²) in [6.45, 7) is 2.19. The summed E-state index contributed by atoms with van der Waals surface area (Å²) in [6.07, 6.45) is 2.47. The Balaban J connectivity index is 3.68. The smallest absolute Gasteiger partial charge is 0.376 e. The summed E-state index contributed by atoms with van der Waals surface area (Å²) in [5, 5.41) is 0.844. The van der Waals surface area contributed by atoms with Crippen molar-refractivity contribution >= 4 is 20.6 Å². The first-order chi connectivity index (χ1) is 6.24. The fourth-order valence-electron chi connectivity index (χ4n) is 0.870. The molecule has 5 heteroatoms. The van der Waals surface area contributed by atoms with Crippen molar-refractivity contribution in [2.45, 2.75) is 19.8 Å².